The number of hydrogen-bond acceptors (Lipinski definition) is 3. The van der Waals surface area contributed by atoms with Crippen molar-refractivity contribution in [2.75, 3.05) is 13.6 Å². The fourth-order valence-electron chi connectivity index (χ4n) is 2.64. The number of nitrogens with zero attached hydrogens (tertiary/aromatic N) is 3. The Balaban J connectivity index is 2.08. The molecule has 0 fully saturated rings. The van der Waals surface area contributed by atoms with Gasteiger partial charge in [-0.15, -0.1) is 0 Å². The first kappa shape index (κ1) is 18.0. The van der Waals surface area contributed by atoms with Gasteiger partial charge >= 0.3 is 0 Å². The van der Waals surface area contributed by atoms with Gasteiger partial charge in [-0.2, -0.15) is 5.10 Å². The molecule has 2 rings (SSSR count). The molecule has 1 atom stereocenters. The maximum atomic E-state index is 9.41. The summed E-state index contributed by atoms with van der Waals surface area (Å²) in [4.78, 5) is 2.23. The highest BCUT2D eigenvalue weighted by atomic mass is 35.5. The molecule has 1 N–H and O–H groups in total. The van der Waals surface area contributed by atoms with Gasteiger partial charge in [0.25, 0.3) is 0 Å². The Morgan fingerprint density at radius 1 is 1.26 bits per heavy atom. The van der Waals surface area contributed by atoms with Gasteiger partial charge < -0.3 is 10.0 Å². The van der Waals surface area contributed by atoms with Gasteiger partial charge in [0.2, 0.25) is 0 Å². The molecule has 0 aliphatic rings. The zero-order valence-corrected chi connectivity index (χ0v) is 15.1. The van der Waals surface area contributed by atoms with Crippen molar-refractivity contribution in [2.24, 2.45) is 0 Å². The molecule has 4 nitrogen and oxygen atoms in total. The molecular formula is C18H26ClN3O. The molecule has 126 valence electrons. The fraction of sp³-hybridized carbons (Fsp3) is 0.500. The summed E-state index contributed by atoms with van der Waals surface area (Å²) in [6, 6.07) is 7.89. The predicted octanol–water partition coefficient (Wildman–Crippen LogP) is 3.40. The molecule has 0 spiro atoms. The van der Waals surface area contributed by atoms with Crippen LogP contribution in [-0.2, 0) is 13.1 Å². The van der Waals surface area contributed by atoms with Crippen molar-refractivity contribution in [3.63, 3.8) is 0 Å². The van der Waals surface area contributed by atoms with Gasteiger partial charge in [-0.1, -0.05) is 23.7 Å². The summed E-state index contributed by atoms with van der Waals surface area (Å²) >= 11 is 5.94. The molecular weight excluding hydrogens is 310 g/mol. The van der Waals surface area contributed by atoms with E-state index in [-0.39, 0.29) is 6.10 Å². The van der Waals surface area contributed by atoms with Crippen LogP contribution in [0.3, 0.4) is 0 Å². The number of rotatable bonds is 7. The Bertz CT molecular complexity index is 634. The monoisotopic (exact) mass is 335 g/mol. The second-order valence-electron chi connectivity index (χ2n) is 6.31. The Hall–Kier alpha value is -1.36. The third-order valence-corrected chi connectivity index (χ3v) is 4.39. The van der Waals surface area contributed by atoms with E-state index < -0.39 is 0 Å². The summed E-state index contributed by atoms with van der Waals surface area (Å²) in [7, 11) is 2.08. The maximum Gasteiger partial charge on any atom is 0.0662 e. The summed E-state index contributed by atoms with van der Waals surface area (Å²) in [6.07, 6.45) is 0.528. The normalized spacial score (nSPS) is 12.8. The van der Waals surface area contributed by atoms with Crippen LogP contribution in [-0.4, -0.2) is 39.5 Å². The van der Waals surface area contributed by atoms with Crippen molar-refractivity contribution in [2.45, 2.75) is 46.4 Å². The van der Waals surface area contributed by atoms with E-state index in [1.165, 1.54) is 16.8 Å². The van der Waals surface area contributed by atoms with Gasteiger partial charge in [0.15, 0.2) is 0 Å². The summed E-state index contributed by atoms with van der Waals surface area (Å²) in [5.41, 5.74) is 4.72. The van der Waals surface area contributed by atoms with Crippen LogP contribution in [0.1, 0.15) is 35.9 Å². The fourth-order valence-corrected chi connectivity index (χ4v) is 2.76. The van der Waals surface area contributed by atoms with Crippen molar-refractivity contribution in [1.29, 1.82) is 0 Å². The average Bonchev–Trinajstić information content (AvgIpc) is 2.75. The zero-order valence-electron chi connectivity index (χ0n) is 14.4. The van der Waals surface area contributed by atoms with Crippen molar-refractivity contribution in [3.8, 4) is 0 Å². The summed E-state index contributed by atoms with van der Waals surface area (Å²) < 4.78 is 2.05. The largest absolute Gasteiger partial charge is 0.393 e. The standard InChI is InChI=1S/C18H26ClN3O/c1-13(23)9-10-21(4)12-18-14(2)20-22(15(18)3)11-16-5-7-17(19)8-6-16/h5-8,13,23H,9-12H2,1-4H3. The highest BCUT2D eigenvalue weighted by Gasteiger charge is 2.14. The topological polar surface area (TPSA) is 41.3 Å². The van der Waals surface area contributed by atoms with Gasteiger partial charge in [-0.3, -0.25) is 4.68 Å². The maximum absolute atomic E-state index is 9.41. The third kappa shape index (κ3) is 5.06. The first-order valence-corrected chi connectivity index (χ1v) is 8.38. The Morgan fingerprint density at radius 3 is 2.52 bits per heavy atom. The van der Waals surface area contributed by atoms with Gasteiger partial charge in [0.1, 0.15) is 0 Å². The van der Waals surface area contributed by atoms with E-state index in [4.69, 9.17) is 11.6 Å². The van der Waals surface area contributed by atoms with E-state index in [2.05, 4.69) is 35.6 Å². The van der Waals surface area contributed by atoms with Crippen molar-refractivity contribution < 1.29 is 5.11 Å². The Morgan fingerprint density at radius 2 is 1.91 bits per heavy atom. The van der Waals surface area contributed by atoms with Crippen LogP contribution < -0.4 is 0 Å². The van der Waals surface area contributed by atoms with Crippen molar-refractivity contribution in [1.82, 2.24) is 14.7 Å². The lowest BCUT2D eigenvalue weighted by molar-refractivity contribution is 0.163. The summed E-state index contributed by atoms with van der Waals surface area (Å²) in [5.74, 6) is 0. The van der Waals surface area contributed by atoms with Gasteiger partial charge in [0, 0.05) is 29.4 Å². The second kappa shape index (κ2) is 7.95. The molecule has 0 aliphatic heterocycles. The average molecular weight is 336 g/mol. The molecule has 0 bridgehead atoms. The van der Waals surface area contributed by atoms with Crippen LogP contribution in [0.2, 0.25) is 5.02 Å². The number of benzene rings is 1. The highest BCUT2D eigenvalue weighted by molar-refractivity contribution is 6.30. The molecule has 1 heterocycles. The van der Waals surface area contributed by atoms with E-state index in [0.717, 1.165) is 36.8 Å². The first-order valence-electron chi connectivity index (χ1n) is 8.00. The van der Waals surface area contributed by atoms with Gasteiger partial charge in [-0.05, 0) is 51.9 Å². The second-order valence-corrected chi connectivity index (χ2v) is 6.75. The summed E-state index contributed by atoms with van der Waals surface area (Å²) in [5, 5.41) is 14.8. The molecule has 0 aliphatic carbocycles. The molecule has 0 amide bonds. The zero-order chi connectivity index (χ0) is 17.0. The quantitative estimate of drug-likeness (QED) is 0.843. The smallest absolute Gasteiger partial charge is 0.0662 e. The number of hydrogen-bond donors (Lipinski definition) is 1. The van der Waals surface area contributed by atoms with Gasteiger partial charge in [-0.25, -0.2) is 0 Å². The Labute approximate surface area is 143 Å². The number of aliphatic hydroxyl groups excluding tert-OH is 1. The van der Waals surface area contributed by atoms with Crippen LogP contribution >= 0.6 is 11.6 Å². The van der Waals surface area contributed by atoms with Crippen LogP contribution in [0, 0.1) is 13.8 Å². The van der Waals surface area contributed by atoms with E-state index in [9.17, 15) is 5.11 Å². The van der Waals surface area contributed by atoms with Crippen LogP contribution in [0.25, 0.3) is 0 Å². The third-order valence-electron chi connectivity index (χ3n) is 4.13. The predicted molar refractivity (Wildman–Crippen MR) is 94.9 cm³/mol. The SMILES string of the molecule is Cc1nn(Cc2ccc(Cl)cc2)c(C)c1CN(C)CCC(C)O. The van der Waals surface area contributed by atoms with Crippen molar-refractivity contribution >= 4 is 11.6 Å². The molecule has 1 aromatic carbocycles. The van der Waals surface area contributed by atoms with E-state index in [1.54, 1.807) is 0 Å². The lowest BCUT2D eigenvalue weighted by Gasteiger charge is -2.17. The molecule has 0 radical (unpaired) electrons. The molecule has 1 aromatic heterocycles. The molecule has 2 aromatic rings. The molecule has 0 saturated heterocycles. The lowest BCUT2D eigenvalue weighted by atomic mass is 10.1. The minimum atomic E-state index is -0.257. The van der Waals surface area contributed by atoms with Crippen molar-refractivity contribution in [3.05, 3.63) is 51.8 Å². The van der Waals surface area contributed by atoms with E-state index in [0.29, 0.717) is 0 Å². The molecule has 0 saturated carbocycles. The minimum Gasteiger partial charge on any atom is -0.393 e. The van der Waals surface area contributed by atoms with Crippen LogP contribution in [0.15, 0.2) is 24.3 Å². The highest BCUT2D eigenvalue weighted by Crippen LogP contribution is 2.17. The number of aromatic nitrogens is 2. The number of halogens is 1. The number of aliphatic hydroxyl groups is 1. The first-order chi connectivity index (χ1) is 10.9. The molecule has 5 heteroatoms. The van der Waals surface area contributed by atoms with E-state index in [1.807, 2.05) is 31.2 Å². The number of aryl methyl sites for hydroxylation is 1. The molecule has 23 heavy (non-hydrogen) atoms. The van der Waals surface area contributed by atoms with Crippen LogP contribution in [0.4, 0.5) is 0 Å². The van der Waals surface area contributed by atoms with Gasteiger partial charge in [0.05, 0.1) is 18.3 Å². The Kier molecular flexibility index (Phi) is 6.22. The van der Waals surface area contributed by atoms with Crippen LogP contribution in [0.5, 0.6) is 0 Å². The van der Waals surface area contributed by atoms with E-state index >= 15 is 0 Å². The lowest BCUT2D eigenvalue weighted by Crippen LogP contribution is -2.22. The summed E-state index contributed by atoms with van der Waals surface area (Å²) in [6.45, 7) is 8.48. The molecule has 1 unspecified atom stereocenters. The minimum absolute atomic E-state index is 0.257.